The minimum Gasteiger partial charge on any atom is -0.391 e. The average molecular weight is 321 g/mol. The van der Waals surface area contributed by atoms with Gasteiger partial charge in [0.25, 0.3) is 0 Å². The molecule has 2 nitrogen and oxygen atoms in total. The van der Waals surface area contributed by atoms with Gasteiger partial charge in [-0.25, -0.2) is 13.2 Å². The van der Waals surface area contributed by atoms with Crippen LogP contribution in [0.2, 0.25) is 0 Å². The lowest BCUT2D eigenvalue weighted by atomic mass is 9.87. The Labute approximate surface area is 133 Å². The number of aliphatic hydroxyl groups excluding tert-OH is 1. The van der Waals surface area contributed by atoms with E-state index < -0.39 is 17.7 Å². The van der Waals surface area contributed by atoms with E-state index in [9.17, 15) is 18.3 Å². The predicted octanol–water partition coefficient (Wildman–Crippen LogP) is 3.45. The molecule has 23 heavy (non-hydrogen) atoms. The molecule has 0 aliphatic carbocycles. The van der Waals surface area contributed by atoms with Crippen molar-refractivity contribution < 1.29 is 18.3 Å². The minimum atomic E-state index is -0.649. The van der Waals surface area contributed by atoms with Crippen molar-refractivity contribution in [3.63, 3.8) is 0 Å². The fraction of sp³-hybridized carbons (Fsp3) is 0.333. The van der Waals surface area contributed by atoms with Gasteiger partial charge < -0.3 is 5.11 Å². The second-order valence-corrected chi connectivity index (χ2v) is 5.95. The monoisotopic (exact) mass is 321 g/mol. The van der Waals surface area contributed by atoms with Crippen molar-refractivity contribution in [2.45, 2.75) is 25.0 Å². The number of rotatable bonds is 3. The molecule has 1 N–H and O–H groups in total. The maximum absolute atomic E-state index is 13.7. The van der Waals surface area contributed by atoms with Crippen LogP contribution in [0.25, 0.3) is 0 Å². The summed E-state index contributed by atoms with van der Waals surface area (Å²) in [5, 5.41) is 10.4. The third-order valence-corrected chi connectivity index (χ3v) is 4.41. The fourth-order valence-corrected chi connectivity index (χ4v) is 3.15. The van der Waals surface area contributed by atoms with E-state index in [0.29, 0.717) is 19.5 Å². The Balaban J connectivity index is 1.68. The van der Waals surface area contributed by atoms with Crippen molar-refractivity contribution in [2.24, 2.45) is 0 Å². The highest BCUT2D eigenvalue weighted by molar-refractivity contribution is 5.23. The molecule has 1 saturated heterocycles. The Morgan fingerprint density at radius 3 is 2.26 bits per heavy atom. The van der Waals surface area contributed by atoms with Crippen LogP contribution in [0.4, 0.5) is 13.2 Å². The summed E-state index contributed by atoms with van der Waals surface area (Å²) in [6, 6.07) is 9.92. The van der Waals surface area contributed by atoms with Gasteiger partial charge in [-0.15, -0.1) is 0 Å². The lowest BCUT2D eigenvalue weighted by molar-refractivity contribution is 0.0466. The molecular weight excluding hydrogens is 303 g/mol. The number of halogens is 3. The van der Waals surface area contributed by atoms with Crippen LogP contribution in [-0.4, -0.2) is 29.2 Å². The molecule has 2 aromatic carbocycles. The van der Waals surface area contributed by atoms with Crippen LogP contribution < -0.4 is 0 Å². The number of hydrogen-bond donors (Lipinski definition) is 1. The summed E-state index contributed by atoms with van der Waals surface area (Å²) in [7, 11) is 0. The molecule has 1 fully saturated rings. The quantitative estimate of drug-likeness (QED) is 0.936. The Morgan fingerprint density at radius 1 is 1.00 bits per heavy atom. The number of benzene rings is 2. The second-order valence-electron chi connectivity index (χ2n) is 5.95. The smallest absolute Gasteiger partial charge is 0.130 e. The molecule has 0 radical (unpaired) electrons. The SMILES string of the molecule is O[C@@H]1CN(Cc2c(F)cccc2F)CC[C@H]1c1ccc(F)cc1. The van der Waals surface area contributed by atoms with Gasteiger partial charge in [-0.05, 0) is 42.8 Å². The zero-order valence-electron chi connectivity index (χ0n) is 12.6. The molecule has 0 aromatic heterocycles. The predicted molar refractivity (Wildman–Crippen MR) is 81.4 cm³/mol. The summed E-state index contributed by atoms with van der Waals surface area (Å²) in [5.74, 6) is -1.53. The molecule has 2 atom stereocenters. The highest BCUT2D eigenvalue weighted by atomic mass is 19.1. The maximum atomic E-state index is 13.7. The van der Waals surface area contributed by atoms with Gasteiger partial charge in [0.15, 0.2) is 0 Å². The lowest BCUT2D eigenvalue weighted by Gasteiger charge is -2.36. The van der Waals surface area contributed by atoms with Gasteiger partial charge in [0.2, 0.25) is 0 Å². The van der Waals surface area contributed by atoms with Gasteiger partial charge in [-0.1, -0.05) is 18.2 Å². The minimum absolute atomic E-state index is 0.0277. The third kappa shape index (κ3) is 3.57. The van der Waals surface area contributed by atoms with Gasteiger partial charge in [-0.3, -0.25) is 4.90 Å². The summed E-state index contributed by atoms with van der Waals surface area (Å²) in [4.78, 5) is 1.84. The van der Waals surface area contributed by atoms with E-state index in [4.69, 9.17) is 0 Å². The fourth-order valence-electron chi connectivity index (χ4n) is 3.15. The summed E-state index contributed by atoms with van der Waals surface area (Å²) >= 11 is 0. The Bertz CT molecular complexity index is 654. The maximum Gasteiger partial charge on any atom is 0.130 e. The molecule has 5 heteroatoms. The summed E-state index contributed by atoms with van der Waals surface area (Å²) in [5.41, 5.74) is 0.913. The standard InChI is InChI=1S/C18H18F3NO/c19-13-6-4-12(5-7-13)14-8-9-22(11-18(14)23)10-15-16(20)2-1-3-17(15)21/h1-7,14,18,23H,8-11H2/t14-,18+/m0/s1. The molecule has 122 valence electrons. The molecule has 0 unspecified atom stereocenters. The van der Waals surface area contributed by atoms with Gasteiger partial charge in [0.05, 0.1) is 6.10 Å². The first-order valence-corrected chi connectivity index (χ1v) is 7.63. The zero-order chi connectivity index (χ0) is 16.4. The van der Waals surface area contributed by atoms with Crippen molar-refractivity contribution in [1.29, 1.82) is 0 Å². The molecule has 0 saturated carbocycles. The van der Waals surface area contributed by atoms with E-state index in [0.717, 1.165) is 5.56 Å². The Kier molecular flexibility index (Phi) is 4.68. The number of piperidine rings is 1. The molecule has 0 spiro atoms. The topological polar surface area (TPSA) is 23.5 Å². The van der Waals surface area contributed by atoms with Gasteiger partial charge in [0, 0.05) is 24.6 Å². The van der Waals surface area contributed by atoms with Crippen LogP contribution in [0.15, 0.2) is 42.5 Å². The van der Waals surface area contributed by atoms with Crippen molar-refractivity contribution in [3.05, 3.63) is 71.0 Å². The highest BCUT2D eigenvalue weighted by Crippen LogP contribution is 2.29. The van der Waals surface area contributed by atoms with E-state index in [1.807, 2.05) is 4.90 Å². The second kappa shape index (κ2) is 6.72. The summed E-state index contributed by atoms with van der Waals surface area (Å²) in [6.45, 7) is 1.08. The molecule has 1 aliphatic rings. The molecule has 2 aromatic rings. The Hall–Kier alpha value is -1.85. The summed E-state index contributed by atoms with van der Waals surface area (Å²) < 4.78 is 40.4. The van der Waals surface area contributed by atoms with Crippen LogP contribution in [0.5, 0.6) is 0 Å². The summed E-state index contributed by atoms with van der Waals surface area (Å²) in [6.07, 6.45) is 0.00659. The van der Waals surface area contributed by atoms with E-state index >= 15 is 0 Å². The van der Waals surface area contributed by atoms with Crippen molar-refractivity contribution in [2.75, 3.05) is 13.1 Å². The molecular formula is C18H18F3NO. The number of likely N-dealkylation sites (tertiary alicyclic amines) is 1. The average Bonchev–Trinajstić information content (AvgIpc) is 2.52. The van der Waals surface area contributed by atoms with Crippen LogP contribution in [0, 0.1) is 17.5 Å². The first-order valence-electron chi connectivity index (χ1n) is 7.63. The van der Waals surface area contributed by atoms with Gasteiger partial charge in [-0.2, -0.15) is 0 Å². The molecule has 3 rings (SSSR count). The Morgan fingerprint density at radius 2 is 1.65 bits per heavy atom. The van der Waals surface area contributed by atoms with E-state index in [1.54, 1.807) is 12.1 Å². The van der Waals surface area contributed by atoms with E-state index in [2.05, 4.69) is 0 Å². The van der Waals surface area contributed by atoms with Crippen molar-refractivity contribution in [1.82, 2.24) is 4.90 Å². The molecule has 0 bridgehead atoms. The van der Waals surface area contributed by atoms with Crippen LogP contribution in [0.3, 0.4) is 0 Å². The number of hydrogen-bond acceptors (Lipinski definition) is 2. The van der Waals surface area contributed by atoms with E-state index in [-0.39, 0.29) is 23.8 Å². The highest BCUT2D eigenvalue weighted by Gasteiger charge is 2.29. The first kappa shape index (κ1) is 16.0. The third-order valence-electron chi connectivity index (χ3n) is 4.41. The van der Waals surface area contributed by atoms with E-state index in [1.165, 1.54) is 30.3 Å². The first-order chi connectivity index (χ1) is 11.0. The lowest BCUT2D eigenvalue weighted by Crippen LogP contribution is -2.42. The largest absolute Gasteiger partial charge is 0.391 e. The molecule has 1 aliphatic heterocycles. The number of aliphatic hydroxyl groups is 1. The van der Waals surface area contributed by atoms with Crippen molar-refractivity contribution >= 4 is 0 Å². The number of nitrogens with zero attached hydrogens (tertiary/aromatic N) is 1. The van der Waals surface area contributed by atoms with Crippen LogP contribution >= 0.6 is 0 Å². The number of β-amino-alcohol motifs (C(OH)–C–C–N with tert-alkyl or cyclic N) is 1. The molecule has 1 heterocycles. The van der Waals surface area contributed by atoms with Gasteiger partial charge >= 0.3 is 0 Å². The van der Waals surface area contributed by atoms with Gasteiger partial charge in [0.1, 0.15) is 17.5 Å². The van der Waals surface area contributed by atoms with Crippen LogP contribution in [-0.2, 0) is 6.54 Å². The van der Waals surface area contributed by atoms with Crippen molar-refractivity contribution in [3.8, 4) is 0 Å². The molecule has 0 amide bonds. The normalized spacial score (nSPS) is 22.3. The van der Waals surface area contributed by atoms with Crippen LogP contribution in [0.1, 0.15) is 23.5 Å². The zero-order valence-corrected chi connectivity index (χ0v) is 12.6.